The maximum Gasteiger partial charge on any atom is 0.227 e. The van der Waals surface area contributed by atoms with E-state index in [2.05, 4.69) is 33.0 Å². The van der Waals surface area contributed by atoms with Crippen LogP contribution in [0.25, 0.3) is 10.9 Å². The number of rotatable bonds is 4. The summed E-state index contributed by atoms with van der Waals surface area (Å²) in [6, 6.07) is 10.2. The van der Waals surface area contributed by atoms with Crippen LogP contribution in [0, 0.1) is 0 Å². The molecule has 0 radical (unpaired) electrons. The van der Waals surface area contributed by atoms with Gasteiger partial charge in [-0.1, -0.05) is 18.2 Å². The molecule has 0 saturated carbocycles. The molecule has 7 heteroatoms. The lowest BCUT2D eigenvalue weighted by Crippen LogP contribution is -2.33. The van der Waals surface area contributed by atoms with Gasteiger partial charge < -0.3 is 15.4 Å². The molecule has 2 aromatic heterocycles. The highest BCUT2D eigenvalue weighted by Crippen LogP contribution is 2.28. The van der Waals surface area contributed by atoms with Gasteiger partial charge in [-0.25, -0.2) is 9.97 Å². The molecule has 0 spiro atoms. The fourth-order valence-corrected chi connectivity index (χ4v) is 4.32. The summed E-state index contributed by atoms with van der Waals surface area (Å²) in [4.78, 5) is 18.9. The zero-order valence-corrected chi connectivity index (χ0v) is 16.8. The first-order valence-electron chi connectivity index (χ1n) is 10.3. The van der Waals surface area contributed by atoms with E-state index in [1.807, 2.05) is 12.1 Å². The van der Waals surface area contributed by atoms with Crippen LogP contribution in [0.1, 0.15) is 29.8 Å². The third kappa shape index (κ3) is 3.46. The Kier molecular flexibility index (Phi) is 4.67. The Morgan fingerprint density at radius 2 is 1.90 bits per heavy atom. The standard InChI is InChI=1S/C22H26N6O/c1-29-19-6-4-5-15-7-8-16(24-20(15)19)13-27-12-9-18-17(14-27)21(23)26-22(25-18)28-10-2-3-11-28/h4-8H,2-3,9-14H2,1H3,(H2,23,25,26). The van der Waals surface area contributed by atoms with Crippen molar-refractivity contribution < 1.29 is 4.74 Å². The quantitative estimate of drug-likeness (QED) is 0.734. The van der Waals surface area contributed by atoms with Gasteiger partial charge in [0.15, 0.2) is 0 Å². The lowest BCUT2D eigenvalue weighted by molar-refractivity contribution is 0.241. The van der Waals surface area contributed by atoms with Crippen molar-refractivity contribution in [1.82, 2.24) is 19.9 Å². The van der Waals surface area contributed by atoms with Gasteiger partial charge in [0.1, 0.15) is 17.1 Å². The Morgan fingerprint density at radius 3 is 2.72 bits per heavy atom. The van der Waals surface area contributed by atoms with Crippen molar-refractivity contribution in [3.05, 3.63) is 47.3 Å². The van der Waals surface area contributed by atoms with Crippen molar-refractivity contribution in [2.75, 3.05) is 37.4 Å². The Balaban J connectivity index is 1.36. The van der Waals surface area contributed by atoms with Crippen LogP contribution in [-0.2, 0) is 19.5 Å². The second kappa shape index (κ2) is 7.48. The number of methoxy groups -OCH3 is 1. The minimum atomic E-state index is 0.620. The number of hydrogen-bond acceptors (Lipinski definition) is 7. The third-order valence-corrected chi connectivity index (χ3v) is 5.89. The molecular formula is C22H26N6O. The van der Waals surface area contributed by atoms with Gasteiger partial charge in [-0.05, 0) is 25.0 Å². The zero-order valence-electron chi connectivity index (χ0n) is 16.8. The van der Waals surface area contributed by atoms with E-state index in [4.69, 9.17) is 20.4 Å². The van der Waals surface area contributed by atoms with Crippen LogP contribution >= 0.6 is 0 Å². The first-order chi connectivity index (χ1) is 14.2. The molecule has 0 amide bonds. The van der Waals surface area contributed by atoms with E-state index in [1.54, 1.807) is 7.11 Å². The highest BCUT2D eigenvalue weighted by atomic mass is 16.5. The van der Waals surface area contributed by atoms with Crippen molar-refractivity contribution in [2.24, 2.45) is 0 Å². The van der Waals surface area contributed by atoms with Crippen LogP contribution in [0.5, 0.6) is 5.75 Å². The molecule has 7 nitrogen and oxygen atoms in total. The molecule has 1 fully saturated rings. The molecule has 2 aliphatic rings. The van der Waals surface area contributed by atoms with Crippen LogP contribution in [0.15, 0.2) is 30.3 Å². The van der Waals surface area contributed by atoms with E-state index >= 15 is 0 Å². The van der Waals surface area contributed by atoms with E-state index in [-0.39, 0.29) is 0 Å². The zero-order chi connectivity index (χ0) is 19.8. The van der Waals surface area contributed by atoms with Gasteiger partial charge in [0, 0.05) is 50.1 Å². The number of benzene rings is 1. The number of aromatic nitrogens is 3. The van der Waals surface area contributed by atoms with E-state index in [9.17, 15) is 0 Å². The molecule has 0 bridgehead atoms. The summed E-state index contributed by atoms with van der Waals surface area (Å²) in [6.07, 6.45) is 3.30. The largest absolute Gasteiger partial charge is 0.494 e. The lowest BCUT2D eigenvalue weighted by atomic mass is 10.1. The SMILES string of the molecule is COc1cccc2ccc(CN3CCc4nc(N5CCCC5)nc(N)c4C3)nc12. The van der Waals surface area contributed by atoms with Crippen LogP contribution in [-0.4, -0.2) is 46.6 Å². The maximum absolute atomic E-state index is 6.34. The number of pyridine rings is 1. The monoisotopic (exact) mass is 390 g/mol. The molecule has 2 aliphatic heterocycles. The van der Waals surface area contributed by atoms with E-state index in [1.165, 1.54) is 12.8 Å². The normalized spacial score (nSPS) is 16.9. The highest BCUT2D eigenvalue weighted by molar-refractivity contribution is 5.84. The van der Waals surface area contributed by atoms with E-state index in [0.29, 0.717) is 5.82 Å². The van der Waals surface area contributed by atoms with Crippen molar-refractivity contribution in [3.8, 4) is 5.75 Å². The second-order valence-electron chi connectivity index (χ2n) is 7.82. The van der Waals surface area contributed by atoms with Crippen molar-refractivity contribution in [1.29, 1.82) is 0 Å². The average Bonchev–Trinajstić information content (AvgIpc) is 3.28. The Bertz CT molecular complexity index is 1050. The Hall–Kier alpha value is -2.93. The van der Waals surface area contributed by atoms with Crippen LogP contribution in [0.3, 0.4) is 0 Å². The topological polar surface area (TPSA) is 80.4 Å². The third-order valence-electron chi connectivity index (χ3n) is 5.89. The van der Waals surface area contributed by atoms with Gasteiger partial charge in [-0.2, -0.15) is 4.98 Å². The molecule has 1 saturated heterocycles. The first-order valence-corrected chi connectivity index (χ1v) is 10.3. The fraction of sp³-hybridized carbons (Fsp3) is 0.409. The summed E-state index contributed by atoms with van der Waals surface area (Å²) in [5.41, 5.74) is 10.4. The van der Waals surface area contributed by atoms with E-state index < -0.39 is 0 Å². The summed E-state index contributed by atoms with van der Waals surface area (Å²) in [7, 11) is 1.68. The number of nitrogens with two attached hydrogens (primary N) is 1. The number of para-hydroxylation sites is 1. The van der Waals surface area contributed by atoms with Crippen LogP contribution in [0.2, 0.25) is 0 Å². The number of nitrogen functional groups attached to an aromatic ring is 1. The van der Waals surface area contributed by atoms with Gasteiger partial charge in [-0.3, -0.25) is 4.90 Å². The molecule has 0 aliphatic carbocycles. The van der Waals surface area contributed by atoms with Gasteiger partial charge in [0.2, 0.25) is 5.95 Å². The van der Waals surface area contributed by atoms with Gasteiger partial charge in [0.05, 0.1) is 18.5 Å². The molecule has 2 N–H and O–H groups in total. The minimum absolute atomic E-state index is 0.620. The van der Waals surface area contributed by atoms with E-state index in [0.717, 1.165) is 78.7 Å². The van der Waals surface area contributed by atoms with Crippen molar-refractivity contribution in [3.63, 3.8) is 0 Å². The van der Waals surface area contributed by atoms with Gasteiger partial charge in [0.25, 0.3) is 0 Å². The first kappa shape index (κ1) is 18.1. The fourth-order valence-electron chi connectivity index (χ4n) is 4.32. The molecule has 3 aromatic rings. The molecule has 150 valence electrons. The minimum Gasteiger partial charge on any atom is -0.494 e. The highest BCUT2D eigenvalue weighted by Gasteiger charge is 2.24. The Labute approximate surface area is 170 Å². The van der Waals surface area contributed by atoms with Crippen molar-refractivity contribution >= 4 is 22.7 Å². The summed E-state index contributed by atoms with van der Waals surface area (Å²) < 4.78 is 5.47. The predicted molar refractivity (Wildman–Crippen MR) is 114 cm³/mol. The predicted octanol–water partition coefficient (Wildman–Crippen LogP) is 2.77. The summed E-state index contributed by atoms with van der Waals surface area (Å²) in [6.45, 7) is 4.52. The number of ether oxygens (including phenoxy) is 1. The number of hydrogen-bond donors (Lipinski definition) is 1. The Morgan fingerprint density at radius 1 is 1.03 bits per heavy atom. The molecule has 0 atom stereocenters. The summed E-state index contributed by atoms with van der Waals surface area (Å²) in [5, 5.41) is 1.09. The summed E-state index contributed by atoms with van der Waals surface area (Å²) >= 11 is 0. The average molecular weight is 390 g/mol. The van der Waals surface area contributed by atoms with Crippen LogP contribution < -0.4 is 15.4 Å². The maximum atomic E-state index is 6.34. The molecule has 29 heavy (non-hydrogen) atoms. The lowest BCUT2D eigenvalue weighted by Gasteiger charge is -2.29. The molecule has 4 heterocycles. The number of nitrogens with zero attached hydrogens (tertiary/aromatic N) is 5. The second-order valence-corrected chi connectivity index (χ2v) is 7.82. The van der Waals surface area contributed by atoms with Crippen LogP contribution in [0.4, 0.5) is 11.8 Å². The van der Waals surface area contributed by atoms with Gasteiger partial charge in [-0.15, -0.1) is 0 Å². The number of anilines is 2. The number of fused-ring (bicyclic) bond motifs is 2. The smallest absolute Gasteiger partial charge is 0.227 e. The van der Waals surface area contributed by atoms with Gasteiger partial charge >= 0.3 is 0 Å². The summed E-state index contributed by atoms with van der Waals surface area (Å²) in [5.74, 6) is 2.23. The van der Waals surface area contributed by atoms with Crippen molar-refractivity contribution in [2.45, 2.75) is 32.4 Å². The molecule has 1 aromatic carbocycles. The molecule has 5 rings (SSSR count). The molecular weight excluding hydrogens is 364 g/mol. The molecule has 0 unspecified atom stereocenters.